The Balaban J connectivity index is 1.64. The van der Waals surface area contributed by atoms with Crippen molar-refractivity contribution in [2.75, 3.05) is 19.8 Å². The molecule has 0 unspecified atom stereocenters. The van der Waals surface area contributed by atoms with Crippen LogP contribution < -0.4 is 14.8 Å². The van der Waals surface area contributed by atoms with Gasteiger partial charge in [0.1, 0.15) is 12.7 Å². The summed E-state index contributed by atoms with van der Waals surface area (Å²) in [4.78, 5) is 20.7. The molecule has 0 radical (unpaired) electrons. The molecule has 146 valence electrons. The summed E-state index contributed by atoms with van der Waals surface area (Å²) in [7, 11) is 0. The fourth-order valence-corrected chi connectivity index (χ4v) is 2.74. The van der Waals surface area contributed by atoms with Gasteiger partial charge in [-0.25, -0.2) is 14.6 Å². The number of aromatic nitrogens is 4. The predicted molar refractivity (Wildman–Crippen MR) is 104 cm³/mol. The van der Waals surface area contributed by atoms with E-state index in [1.165, 1.54) is 17.3 Å². The molecule has 0 aliphatic carbocycles. The number of carbonyl (C=O) groups is 1. The second-order valence-electron chi connectivity index (χ2n) is 5.87. The maximum atomic E-state index is 12.6. The summed E-state index contributed by atoms with van der Waals surface area (Å²) in [6, 6.07) is 9.26. The van der Waals surface area contributed by atoms with Gasteiger partial charge >= 0.3 is 0 Å². The molecule has 3 aromatic rings. The van der Waals surface area contributed by atoms with Gasteiger partial charge < -0.3 is 14.8 Å². The van der Waals surface area contributed by atoms with Crippen LogP contribution in [0.2, 0.25) is 0 Å². The number of amides is 1. The second-order valence-corrected chi connectivity index (χ2v) is 5.87. The van der Waals surface area contributed by atoms with Crippen LogP contribution in [0.1, 0.15) is 29.8 Å². The maximum absolute atomic E-state index is 12.6. The summed E-state index contributed by atoms with van der Waals surface area (Å²) in [5, 5.41) is 6.97. The Morgan fingerprint density at radius 3 is 2.71 bits per heavy atom. The molecule has 2 heterocycles. The molecule has 0 bridgehead atoms. The first-order valence-electron chi connectivity index (χ1n) is 9.19. The zero-order chi connectivity index (χ0) is 19.8. The molecule has 0 saturated carbocycles. The Hall–Kier alpha value is -3.42. The Kier molecular flexibility index (Phi) is 6.56. The third kappa shape index (κ3) is 4.64. The summed E-state index contributed by atoms with van der Waals surface area (Å²) < 4.78 is 12.7. The van der Waals surface area contributed by atoms with E-state index in [2.05, 4.69) is 20.4 Å². The molecule has 1 amide bonds. The van der Waals surface area contributed by atoms with Gasteiger partial charge in [0.15, 0.2) is 17.3 Å². The molecule has 1 aromatic carbocycles. The van der Waals surface area contributed by atoms with Crippen LogP contribution in [-0.2, 0) is 6.42 Å². The predicted octanol–water partition coefficient (Wildman–Crippen LogP) is 2.43. The third-order valence-electron chi connectivity index (χ3n) is 3.97. The average Bonchev–Trinajstić information content (AvgIpc) is 3.25. The van der Waals surface area contributed by atoms with E-state index in [0.29, 0.717) is 43.3 Å². The highest BCUT2D eigenvalue weighted by atomic mass is 16.5. The molecule has 1 N–H and O–H groups in total. The number of hydrogen-bond donors (Lipinski definition) is 1. The van der Waals surface area contributed by atoms with Crippen LogP contribution in [-0.4, -0.2) is 45.4 Å². The fourth-order valence-electron chi connectivity index (χ4n) is 2.74. The highest BCUT2D eigenvalue weighted by molar-refractivity contribution is 5.97. The van der Waals surface area contributed by atoms with Crippen molar-refractivity contribution < 1.29 is 14.3 Å². The topological polar surface area (TPSA) is 91.2 Å². The summed E-state index contributed by atoms with van der Waals surface area (Å²) in [5.41, 5.74) is 1.49. The first kappa shape index (κ1) is 19.3. The number of rotatable bonds is 9. The van der Waals surface area contributed by atoms with Crippen LogP contribution in [0.3, 0.4) is 0 Å². The van der Waals surface area contributed by atoms with Crippen molar-refractivity contribution in [1.82, 2.24) is 25.1 Å². The van der Waals surface area contributed by atoms with Gasteiger partial charge in [-0.05, 0) is 50.1 Å². The smallest absolute Gasteiger partial charge is 0.255 e. The van der Waals surface area contributed by atoms with Crippen LogP contribution in [0, 0.1) is 0 Å². The average molecular weight is 381 g/mol. The van der Waals surface area contributed by atoms with E-state index in [1.807, 2.05) is 32.0 Å². The monoisotopic (exact) mass is 381 g/mol. The van der Waals surface area contributed by atoms with E-state index in [0.717, 1.165) is 11.3 Å². The normalized spacial score (nSPS) is 10.5. The first-order valence-corrected chi connectivity index (χ1v) is 9.19. The molecule has 28 heavy (non-hydrogen) atoms. The highest BCUT2D eigenvalue weighted by Gasteiger charge is 2.14. The van der Waals surface area contributed by atoms with Crippen LogP contribution in [0.15, 0.2) is 49.2 Å². The first-order chi connectivity index (χ1) is 13.7. The summed E-state index contributed by atoms with van der Waals surface area (Å²) in [6.45, 7) is 5.49. The summed E-state index contributed by atoms with van der Waals surface area (Å²) in [5.74, 6) is 1.67. The number of hydrogen-bond acceptors (Lipinski definition) is 6. The zero-order valence-corrected chi connectivity index (χ0v) is 16.0. The van der Waals surface area contributed by atoms with Gasteiger partial charge in [-0.15, -0.1) is 0 Å². The van der Waals surface area contributed by atoms with E-state index < -0.39 is 0 Å². The van der Waals surface area contributed by atoms with E-state index in [-0.39, 0.29) is 5.91 Å². The number of pyridine rings is 1. The van der Waals surface area contributed by atoms with Gasteiger partial charge in [-0.1, -0.05) is 6.07 Å². The molecule has 8 nitrogen and oxygen atoms in total. The van der Waals surface area contributed by atoms with Crippen molar-refractivity contribution in [3.05, 3.63) is 60.3 Å². The summed E-state index contributed by atoms with van der Waals surface area (Å²) >= 11 is 0. The molecule has 3 rings (SSSR count). The minimum Gasteiger partial charge on any atom is -0.490 e. The van der Waals surface area contributed by atoms with E-state index >= 15 is 0 Å². The third-order valence-corrected chi connectivity index (χ3v) is 3.97. The number of carbonyl (C=O) groups excluding carboxylic acids is 1. The number of ether oxygens (including phenoxy) is 2. The highest BCUT2D eigenvalue weighted by Crippen LogP contribution is 2.28. The van der Waals surface area contributed by atoms with Crippen molar-refractivity contribution in [2.45, 2.75) is 20.3 Å². The lowest BCUT2D eigenvalue weighted by atomic mass is 10.1. The van der Waals surface area contributed by atoms with Crippen LogP contribution in [0.25, 0.3) is 5.82 Å². The van der Waals surface area contributed by atoms with Gasteiger partial charge in [0.2, 0.25) is 0 Å². The molecule has 0 spiro atoms. The van der Waals surface area contributed by atoms with Crippen molar-refractivity contribution in [3.8, 4) is 17.3 Å². The maximum Gasteiger partial charge on any atom is 0.255 e. The minimum absolute atomic E-state index is 0.213. The zero-order valence-electron chi connectivity index (χ0n) is 16.0. The molecule has 0 fully saturated rings. The quantitative estimate of drug-likeness (QED) is 0.612. The van der Waals surface area contributed by atoms with Crippen LogP contribution in [0.5, 0.6) is 11.5 Å². The van der Waals surface area contributed by atoms with Gasteiger partial charge in [0, 0.05) is 12.7 Å². The molecule has 0 saturated heterocycles. The van der Waals surface area contributed by atoms with Crippen molar-refractivity contribution in [1.29, 1.82) is 0 Å². The molecular formula is C20H23N5O3. The number of nitrogens with zero attached hydrogens (tertiary/aromatic N) is 4. The lowest BCUT2D eigenvalue weighted by Crippen LogP contribution is -2.27. The fraction of sp³-hybridized carbons (Fsp3) is 0.300. The van der Waals surface area contributed by atoms with Crippen molar-refractivity contribution >= 4 is 5.91 Å². The van der Waals surface area contributed by atoms with Gasteiger partial charge in [-0.3, -0.25) is 4.79 Å². The van der Waals surface area contributed by atoms with Crippen molar-refractivity contribution in [3.63, 3.8) is 0 Å². The summed E-state index contributed by atoms with van der Waals surface area (Å²) in [6.07, 6.45) is 5.19. The van der Waals surface area contributed by atoms with Gasteiger partial charge in [0.05, 0.1) is 18.8 Å². The Morgan fingerprint density at radius 1 is 1.14 bits per heavy atom. The molecule has 0 atom stereocenters. The Morgan fingerprint density at radius 2 is 1.96 bits per heavy atom. The molecule has 0 aliphatic rings. The molecule has 8 heteroatoms. The van der Waals surface area contributed by atoms with E-state index in [9.17, 15) is 4.79 Å². The lowest BCUT2D eigenvalue weighted by Gasteiger charge is -2.13. The Bertz CT molecular complexity index is 912. The van der Waals surface area contributed by atoms with Crippen molar-refractivity contribution in [2.24, 2.45) is 0 Å². The lowest BCUT2D eigenvalue weighted by molar-refractivity contribution is 0.0953. The SMILES string of the molecule is CCOc1ccc(CCNC(=O)c2cccnc2-n2cncn2)cc1OCC. The Labute approximate surface area is 163 Å². The minimum atomic E-state index is -0.213. The molecular weight excluding hydrogens is 358 g/mol. The number of nitrogens with one attached hydrogen (secondary N) is 1. The van der Waals surface area contributed by atoms with E-state index in [4.69, 9.17) is 9.47 Å². The second kappa shape index (κ2) is 9.50. The van der Waals surface area contributed by atoms with Crippen LogP contribution in [0.4, 0.5) is 0 Å². The molecule has 2 aromatic heterocycles. The van der Waals surface area contributed by atoms with E-state index in [1.54, 1.807) is 18.3 Å². The van der Waals surface area contributed by atoms with Gasteiger partial charge in [0.25, 0.3) is 5.91 Å². The van der Waals surface area contributed by atoms with Crippen LogP contribution >= 0.6 is 0 Å². The standard InChI is InChI=1S/C20H23N5O3/c1-3-27-17-8-7-15(12-18(17)28-4-2)9-11-23-20(26)16-6-5-10-22-19(16)25-14-21-13-24-25/h5-8,10,12-14H,3-4,9,11H2,1-2H3,(H,23,26). The van der Waals surface area contributed by atoms with Gasteiger partial charge in [-0.2, -0.15) is 5.10 Å². The molecule has 0 aliphatic heterocycles. The number of benzene rings is 1. The largest absolute Gasteiger partial charge is 0.490 e.